The lowest BCUT2D eigenvalue weighted by Crippen LogP contribution is -2.50. The van der Waals surface area contributed by atoms with Crippen LogP contribution in [0.1, 0.15) is 36.9 Å². The number of nitrogens with one attached hydrogen (secondary N) is 1. The summed E-state index contributed by atoms with van der Waals surface area (Å²) < 4.78 is 0. The van der Waals surface area contributed by atoms with E-state index in [9.17, 15) is 4.79 Å². The largest absolute Gasteiger partial charge is 0.352 e. The molecule has 148 valence electrons. The van der Waals surface area contributed by atoms with Gasteiger partial charge in [0.15, 0.2) is 0 Å². The van der Waals surface area contributed by atoms with Gasteiger partial charge in [-0.15, -0.1) is 0 Å². The number of hydrogen-bond acceptors (Lipinski definition) is 4. The number of benzene rings is 1. The molecular formula is C23H30N4O. The van der Waals surface area contributed by atoms with E-state index in [0.29, 0.717) is 6.04 Å². The summed E-state index contributed by atoms with van der Waals surface area (Å²) in [5.41, 5.74) is 2.40. The number of carbonyl (C=O) groups excluding carboxylic acids is 1. The van der Waals surface area contributed by atoms with E-state index in [1.165, 1.54) is 5.56 Å². The maximum absolute atomic E-state index is 12.9. The van der Waals surface area contributed by atoms with Crippen molar-refractivity contribution in [1.29, 1.82) is 0 Å². The SMILES string of the molecule is O=C(NC1CCN(Cc2ccccn2)CC1)[C@@H]1CCCN1Cc1ccccc1. The van der Waals surface area contributed by atoms with E-state index >= 15 is 0 Å². The minimum atomic E-state index is 0.0201. The number of carbonyl (C=O) groups is 1. The number of rotatable bonds is 6. The van der Waals surface area contributed by atoms with Crippen LogP contribution in [-0.2, 0) is 17.9 Å². The molecule has 1 aromatic heterocycles. The zero-order valence-corrected chi connectivity index (χ0v) is 16.5. The van der Waals surface area contributed by atoms with Gasteiger partial charge in [0.2, 0.25) is 5.91 Å². The summed E-state index contributed by atoms with van der Waals surface area (Å²) in [5.74, 6) is 0.219. The fourth-order valence-corrected chi connectivity index (χ4v) is 4.38. The predicted octanol–water partition coefficient (Wildman–Crippen LogP) is 2.83. The number of likely N-dealkylation sites (tertiary alicyclic amines) is 2. The second kappa shape index (κ2) is 9.30. The van der Waals surface area contributed by atoms with Crippen LogP contribution in [0.5, 0.6) is 0 Å². The second-order valence-electron chi connectivity index (χ2n) is 7.99. The molecule has 0 aliphatic carbocycles. The lowest BCUT2D eigenvalue weighted by atomic mass is 10.0. The van der Waals surface area contributed by atoms with Crippen LogP contribution in [0.15, 0.2) is 54.7 Å². The molecule has 0 bridgehead atoms. The Morgan fingerprint density at radius 3 is 2.50 bits per heavy atom. The Kier molecular flexibility index (Phi) is 6.34. The molecule has 0 spiro atoms. The van der Waals surface area contributed by atoms with Gasteiger partial charge in [-0.3, -0.25) is 19.6 Å². The molecular weight excluding hydrogens is 348 g/mol. The summed E-state index contributed by atoms with van der Waals surface area (Å²) in [6, 6.07) is 16.9. The van der Waals surface area contributed by atoms with Crippen LogP contribution in [0.25, 0.3) is 0 Å². The Labute approximate surface area is 167 Å². The van der Waals surface area contributed by atoms with E-state index in [-0.39, 0.29) is 11.9 Å². The molecule has 2 aliphatic rings. The average Bonchev–Trinajstić information content (AvgIpc) is 3.19. The van der Waals surface area contributed by atoms with Gasteiger partial charge in [-0.05, 0) is 49.9 Å². The summed E-state index contributed by atoms with van der Waals surface area (Å²) in [6.45, 7) is 4.80. The zero-order chi connectivity index (χ0) is 19.2. The zero-order valence-electron chi connectivity index (χ0n) is 16.5. The third-order valence-electron chi connectivity index (χ3n) is 5.94. The van der Waals surface area contributed by atoms with Crippen molar-refractivity contribution in [2.24, 2.45) is 0 Å². The van der Waals surface area contributed by atoms with Crippen molar-refractivity contribution in [3.63, 3.8) is 0 Å². The number of aromatic nitrogens is 1. The van der Waals surface area contributed by atoms with Crippen molar-refractivity contribution in [3.05, 3.63) is 66.0 Å². The Hall–Kier alpha value is -2.24. The minimum absolute atomic E-state index is 0.0201. The molecule has 2 aliphatic heterocycles. The molecule has 0 unspecified atom stereocenters. The Bertz CT molecular complexity index is 744. The molecule has 2 saturated heterocycles. The normalized spacial score (nSPS) is 21.6. The van der Waals surface area contributed by atoms with E-state index in [0.717, 1.165) is 64.1 Å². The number of pyridine rings is 1. The maximum Gasteiger partial charge on any atom is 0.237 e. The maximum atomic E-state index is 12.9. The second-order valence-corrected chi connectivity index (χ2v) is 7.99. The van der Waals surface area contributed by atoms with Gasteiger partial charge in [0, 0.05) is 38.4 Å². The summed E-state index contributed by atoms with van der Waals surface area (Å²) >= 11 is 0. The van der Waals surface area contributed by atoms with Crippen molar-refractivity contribution in [3.8, 4) is 0 Å². The van der Waals surface area contributed by atoms with Gasteiger partial charge < -0.3 is 5.32 Å². The molecule has 2 aromatic rings. The third-order valence-corrected chi connectivity index (χ3v) is 5.94. The van der Waals surface area contributed by atoms with Gasteiger partial charge in [-0.25, -0.2) is 0 Å². The number of piperidine rings is 1. The number of hydrogen-bond donors (Lipinski definition) is 1. The molecule has 1 aromatic carbocycles. The van der Waals surface area contributed by atoms with Crippen LogP contribution in [0.2, 0.25) is 0 Å². The van der Waals surface area contributed by atoms with Crippen molar-refractivity contribution in [2.75, 3.05) is 19.6 Å². The van der Waals surface area contributed by atoms with E-state index in [4.69, 9.17) is 0 Å². The summed E-state index contributed by atoms with van der Waals surface area (Å²) in [6.07, 6.45) is 5.96. The van der Waals surface area contributed by atoms with Crippen molar-refractivity contribution in [2.45, 2.75) is 50.9 Å². The summed E-state index contributed by atoms with van der Waals surface area (Å²) in [5, 5.41) is 3.34. The Morgan fingerprint density at radius 1 is 0.964 bits per heavy atom. The fraction of sp³-hybridized carbons (Fsp3) is 0.478. The predicted molar refractivity (Wildman–Crippen MR) is 111 cm³/mol. The highest BCUT2D eigenvalue weighted by atomic mass is 16.2. The molecule has 5 heteroatoms. The first kappa shape index (κ1) is 19.1. The highest BCUT2D eigenvalue weighted by Crippen LogP contribution is 2.21. The van der Waals surface area contributed by atoms with Gasteiger partial charge in [0.25, 0.3) is 0 Å². The highest BCUT2D eigenvalue weighted by Gasteiger charge is 2.32. The lowest BCUT2D eigenvalue weighted by Gasteiger charge is -2.33. The van der Waals surface area contributed by atoms with Crippen LogP contribution in [-0.4, -0.2) is 52.4 Å². The van der Waals surface area contributed by atoms with E-state index in [1.54, 1.807) is 0 Å². The van der Waals surface area contributed by atoms with Gasteiger partial charge in [0.05, 0.1) is 11.7 Å². The third kappa shape index (κ3) is 4.97. The monoisotopic (exact) mass is 378 g/mol. The molecule has 28 heavy (non-hydrogen) atoms. The van der Waals surface area contributed by atoms with Crippen LogP contribution >= 0.6 is 0 Å². The first-order chi connectivity index (χ1) is 13.8. The van der Waals surface area contributed by atoms with E-state index in [1.807, 2.05) is 24.4 Å². The molecule has 5 nitrogen and oxygen atoms in total. The molecule has 2 fully saturated rings. The smallest absolute Gasteiger partial charge is 0.237 e. The Balaban J connectivity index is 1.25. The van der Waals surface area contributed by atoms with Gasteiger partial charge in [-0.1, -0.05) is 36.4 Å². The van der Waals surface area contributed by atoms with Crippen molar-refractivity contribution in [1.82, 2.24) is 20.1 Å². The van der Waals surface area contributed by atoms with Gasteiger partial charge >= 0.3 is 0 Å². The Morgan fingerprint density at radius 2 is 1.75 bits per heavy atom. The van der Waals surface area contributed by atoms with Crippen LogP contribution < -0.4 is 5.32 Å². The molecule has 0 saturated carbocycles. The average molecular weight is 379 g/mol. The summed E-state index contributed by atoms with van der Waals surface area (Å²) in [4.78, 5) is 22.1. The van der Waals surface area contributed by atoms with Crippen LogP contribution in [0.3, 0.4) is 0 Å². The van der Waals surface area contributed by atoms with E-state index in [2.05, 4.69) is 50.4 Å². The van der Waals surface area contributed by atoms with Crippen LogP contribution in [0, 0.1) is 0 Å². The molecule has 1 amide bonds. The molecule has 3 heterocycles. The molecule has 4 rings (SSSR count). The van der Waals surface area contributed by atoms with E-state index < -0.39 is 0 Å². The van der Waals surface area contributed by atoms with Crippen molar-refractivity contribution >= 4 is 5.91 Å². The standard InChI is InChI=1S/C23H30N4O/c28-23(22-10-6-14-27(22)17-19-7-2-1-3-8-19)25-20-11-15-26(16-12-20)18-21-9-4-5-13-24-21/h1-5,7-9,13,20,22H,6,10-12,14-18H2,(H,25,28)/t22-/m0/s1. The molecule has 1 N–H and O–H groups in total. The summed E-state index contributed by atoms with van der Waals surface area (Å²) in [7, 11) is 0. The van der Waals surface area contributed by atoms with Crippen LogP contribution in [0.4, 0.5) is 0 Å². The van der Waals surface area contributed by atoms with Crippen molar-refractivity contribution < 1.29 is 4.79 Å². The highest BCUT2D eigenvalue weighted by molar-refractivity contribution is 5.82. The topological polar surface area (TPSA) is 48.5 Å². The molecule has 0 radical (unpaired) electrons. The fourth-order valence-electron chi connectivity index (χ4n) is 4.38. The first-order valence-corrected chi connectivity index (χ1v) is 10.5. The molecule has 1 atom stereocenters. The number of amides is 1. The quantitative estimate of drug-likeness (QED) is 0.840. The first-order valence-electron chi connectivity index (χ1n) is 10.5. The van der Waals surface area contributed by atoms with Gasteiger partial charge in [0.1, 0.15) is 0 Å². The minimum Gasteiger partial charge on any atom is -0.352 e. The lowest BCUT2D eigenvalue weighted by molar-refractivity contribution is -0.126. The number of nitrogens with zero attached hydrogens (tertiary/aromatic N) is 3. The van der Waals surface area contributed by atoms with Gasteiger partial charge in [-0.2, -0.15) is 0 Å².